The molecule has 0 aromatic carbocycles. The Labute approximate surface area is 128 Å². The van der Waals surface area contributed by atoms with Gasteiger partial charge in [-0.1, -0.05) is 32.1 Å². The van der Waals surface area contributed by atoms with E-state index in [2.05, 4.69) is 37.7 Å². The van der Waals surface area contributed by atoms with Gasteiger partial charge < -0.3 is 9.88 Å². The third-order valence-corrected chi connectivity index (χ3v) is 3.27. The molecular formula is C17H27N3O. The summed E-state index contributed by atoms with van der Waals surface area (Å²) < 4.78 is 2.00. The fraction of sp³-hybridized carbons (Fsp3) is 0.529. The Bertz CT molecular complexity index is 472. The maximum Gasteiger partial charge on any atom is 0.250 e. The standard InChI is InChI=1S/C17H27N3O/c1-14(2)6-7-15(3)12-16(4)17(21)19-8-5-10-20-11-9-18-13-20/h9,11-14H,4-8,10H2,1-3H3,(H,19,21)/b15-12-. The Balaban J connectivity index is 2.24. The summed E-state index contributed by atoms with van der Waals surface area (Å²) in [6.45, 7) is 11.8. The van der Waals surface area contributed by atoms with Crippen molar-refractivity contribution in [3.63, 3.8) is 0 Å². The van der Waals surface area contributed by atoms with Crippen LogP contribution in [0.4, 0.5) is 0 Å². The lowest BCUT2D eigenvalue weighted by atomic mass is 10.0. The zero-order valence-electron chi connectivity index (χ0n) is 13.4. The lowest BCUT2D eigenvalue weighted by Crippen LogP contribution is -2.25. The van der Waals surface area contributed by atoms with Crippen LogP contribution < -0.4 is 5.32 Å². The maximum absolute atomic E-state index is 11.9. The second-order valence-corrected chi connectivity index (χ2v) is 5.86. The van der Waals surface area contributed by atoms with Crippen molar-refractivity contribution < 1.29 is 4.79 Å². The van der Waals surface area contributed by atoms with Gasteiger partial charge in [0.2, 0.25) is 0 Å². The molecule has 1 amide bonds. The van der Waals surface area contributed by atoms with Crippen LogP contribution in [0.3, 0.4) is 0 Å². The van der Waals surface area contributed by atoms with Crippen molar-refractivity contribution in [2.75, 3.05) is 6.54 Å². The van der Waals surface area contributed by atoms with Crippen molar-refractivity contribution in [3.05, 3.63) is 42.5 Å². The quantitative estimate of drug-likeness (QED) is 0.430. The molecule has 0 atom stereocenters. The summed E-state index contributed by atoms with van der Waals surface area (Å²) in [5.41, 5.74) is 1.75. The van der Waals surface area contributed by atoms with Crippen LogP contribution in [0.1, 0.15) is 40.0 Å². The van der Waals surface area contributed by atoms with Crippen LogP contribution in [-0.2, 0) is 11.3 Å². The summed E-state index contributed by atoms with van der Waals surface area (Å²) in [5, 5.41) is 2.90. The molecule has 0 bridgehead atoms. The second kappa shape index (κ2) is 9.16. The summed E-state index contributed by atoms with van der Waals surface area (Å²) in [4.78, 5) is 15.9. The number of nitrogens with zero attached hydrogens (tertiary/aromatic N) is 2. The third-order valence-electron chi connectivity index (χ3n) is 3.27. The highest BCUT2D eigenvalue weighted by atomic mass is 16.1. The number of allylic oxidation sites excluding steroid dienone is 1. The molecule has 1 rings (SSSR count). The van der Waals surface area contributed by atoms with E-state index in [4.69, 9.17) is 0 Å². The molecule has 1 aromatic heterocycles. The number of aryl methyl sites for hydroxylation is 1. The zero-order valence-corrected chi connectivity index (χ0v) is 13.4. The molecule has 4 nitrogen and oxygen atoms in total. The molecule has 4 heteroatoms. The normalized spacial score (nSPS) is 11.7. The minimum absolute atomic E-state index is 0.0791. The van der Waals surface area contributed by atoms with Gasteiger partial charge in [-0.15, -0.1) is 0 Å². The average Bonchev–Trinajstić information content (AvgIpc) is 2.94. The van der Waals surface area contributed by atoms with Gasteiger partial charge in [-0.05, 0) is 32.1 Å². The first-order chi connectivity index (χ1) is 9.99. The smallest absolute Gasteiger partial charge is 0.250 e. The molecule has 1 N–H and O–H groups in total. The number of rotatable bonds is 9. The number of nitrogens with one attached hydrogen (secondary N) is 1. The van der Waals surface area contributed by atoms with Crippen LogP contribution in [0.5, 0.6) is 0 Å². The molecule has 0 fully saturated rings. The maximum atomic E-state index is 11.9. The summed E-state index contributed by atoms with van der Waals surface area (Å²) in [6.07, 6.45) is 10.4. The van der Waals surface area contributed by atoms with Gasteiger partial charge in [-0.25, -0.2) is 4.98 Å². The van der Waals surface area contributed by atoms with Crippen LogP contribution in [0.15, 0.2) is 42.5 Å². The monoisotopic (exact) mass is 289 g/mol. The second-order valence-electron chi connectivity index (χ2n) is 5.86. The van der Waals surface area contributed by atoms with Crippen molar-refractivity contribution in [1.29, 1.82) is 0 Å². The summed E-state index contributed by atoms with van der Waals surface area (Å²) in [5.74, 6) is 0.600. The number of hydrogen-bond acceptors (Lipinski definition) is 2. The fourth-order valence-electron chi connectivity index (χ4n) is 1.95. The summed E-state index contributed by atoms with van der Waals surface area (Å²) >= 11 is 0. The molecule has 0 spiro atoms. The molecule has 0 aliphatic carbocycles. The van der Waals surface area contributed by atoms with E-state index in [-0.39, 0.29) is 5.91 Å². The molecule has 0 radical (unpaired) electrons. The predicted octanol–water partition coefficient (Wildman–Crippen LogP) is 3.33. The Morgan fingerprint density at radius 1 is 1.48 bits per heavy atom. The Morgan fingerprint density at radius 2 is 2.24 bits per heavy atom. The van der Waals surface area contributed by atoms with Gasteiger partial charge in [-0.2, -0.15) is 0 Å². The van der Waals surface area contributed by atoms with E-state index in [0.717, 1.165) is 25.8 Å². The van der Waals surface area contributed by atoms with E-state index in [9.17, 15) is 4.79 Å². The fourth-order valence-corrected chi connectivity index (χ4v) is 1.95. The number of carbonyl (C=O) groups is 1. The van der Waals surface area contributed by atoms with Crippen LogP contribution in [0.2, 0.25) is 0 Å². The molecule has 0 unspecified atom stereocenters. The molecule has 0 saturated carbocycles. The summed E-state index contributed by atoms with van der Waals surface area (Å²) in [7, 11) is 0. The number of aromatic nitrogens is 2. The highest BCUT2D eigenvalue weighted by Gasteiger charge is 2.04. The molecule has 0 saturated heterocycles. The lowest BCUT2D eigenvalue weighted by molar-refractivity contribution is -0.117. The SMILES string of the molecule is C=C(/C=C(/C)CCC(C)C)C(=O)NCCCn1ccnc1. The molecule has 1 heterocycles. The first kappa shape index (κ1) is 17.2. The highest BCUT2D eigenvalue weighted by Crippen LogP contribution is 2.12. The van der Waals surface area contributed by atoms with E-state index in [1.807, 2.05) is 16.8 Å². The van der Waals surface area contributed by atoms with Gasteiger partial charge in [-0.3, -0.25) is 4.79 Å². The van der Waals surface area contributed by atoms with E-state index in [1.165, 1.54) is 5.57 Å². The number of imidazole rings is 1. The minimum Gasteiger partial charge on any atom is -0.352 e. The van der Waals surface area contributed by atoms with Gasteiger partial charge in [0.15, 0.2) is 0 Å². The van der Waals surface area contributed by atoms with Gasteiger partial charge in [0.25, 0.3) is 5.91 Å². The van der Waals surface area contributed by atoms with Crippen molar-refractivity contribution in [2.45, 2.75) is 46.6 Å². The summed E-state index contributed by atoms with van der Waals surface area (Å²) in [6, 6.07) is 0. The first-order valence-corrected chi connectivity index (χ1v) is 7.59. The lowest BCUT2D eigenvalue weighted by Gasteiger charge is -2.08. The van der Waals surface area contributed by atoms with Gasteiger partial charge >= 0.3 is 0 Å². The molecular weight excluding hydrogens is 262 g/mol. The number of hydrogen-bond donors (Lipinski definition) is 1. The Morgan fingerprint density at radius 3 is 2.86 bits per heavy atom. The van der Waals surface area contributed by atoms with Crippen LogP contribution in [-0.4, -0.2) is 22.0 Å². The number of carbonyl (C=O) groups excluding carboxylic acids is 1. The Kier molecular flexibility index (Phi) is 7.51. The average molecular weight is 289 g/mol. The van der Waals surface area contributed by atoms with Gasteiger partial charge in [0, 0.05) is 31.1 Å². The molecule has 116 valence electrons. The Hall–Kier alpha value is -1.84. The molecule has 1 aromatic rings. The van der Waals surface area contributed by atoms with E-state index in [0.29, 0.717) is 18.0 Å². The van der Waals surface area contributed by atoms with E-state index < -0.39 is 0 Å². The van der Waals surface area contributed by atoms with Crippen LogP contribution in [0.25, 0.3) is 0 Å². The van der Waals surface area contributed by atoms with Crippen LogP contribution in [0, 0.1) is 5.92 Å². The highest BCUT2D eigenvalue weighted by molar-refractivity contribution is 5.95. The van der Waals surface area contributed by atoms with Crippen molar-refractivity contribution in [1.82, 2.24) is 14.9 Å². The predicted molar refractivity (Wildman–Crippen MR) is 86.8 cm³/mol. The zero-order chi connectivity index (χ0) is 15.7. The van der Waals surface area contributed by atoms with E-state index >= 15 is 0 Å². The first-order valence-electron chi connectivity index (χ1n) is 7.59. The molecule has 0 aliphatic heterocycles. The van der Waals surface area contributed by atoms with Gasteiger partial charge in [0.1, 0.15) is 0 Å². The largest absolute Gasteiger partial charge is 0.352 e. The van der Waals surface area contributed by atoms with Crippen molar-refractivity contribution in [3.8, 4) is 0 Å². The van der Waals surface area contributed by atoms with Crippen molar-refractivity contribution in [2.24, 2.45) is 5.92 Å². The topological polar surface area (TPSA) is 46.9 Å². The van der Waals surface area contributed by atoms with Gasteiger partial charge in [0.05, 0.1) is 6.33 Å². The molecule has 21 heavy (non-hydrogen) atoms. The third kappa shape index (κ3) is 7.49. The van der Waals surface area contributed by atoms with E-state index in [1.54, 1.807) is 12.5 Å². The van der Waals surface area contributed by atoms with Crippen LogP contribution >= 0.6 is 0 Å². The minimum atomic E-state index is -0.0791. The van der Waals surface area contributed by atoms with Crippen molar-refractivity contribution >= 4 is 5.91 Å². The molecule has 0 aliphatic rings. The number of amides is 1.